The molecule has 0 atom stereocenters. The van der Waals surface area contributed by atoms with Crippen molar-refractivity contribution in [3.8, 4) is 0 Å². The van der Waals surface area contributed by atoms with Crippen LogP contribution in [0, 0.1) is 10.8 Å². The maximum Gasteiger partial charge on any atom is 0.253 e. The zero-order valence-electron chi connectivity index (χ0n) is 12.4. The summed E-state index contributed by atoms with van der Waals surface area (Å²) in [4.78, 5) is 35.7. The van der Waals surface area contributed by atoms with Gasteiger partial charge >= 0.3 is 0 Å². The monoisotopic (exact) mass is 265 g/mol. The van der Waals surface area contributed by atoms with Gasteiger partial charge in [0, 0.05) is 25.1 Å². The molecule has 4 heteroatoms. The lowest BCUT2D eigenvalue weighted by molar-refractivity contribution is -0.139. The van der Waals surface area contributed by atoms with E-state index in [2.05, 4.69) is 0 Å². The smallest absolute Gasteiger partial charge is 0.253 e. The van der Waals surface area contributed by atoms with Gasteiger partial charge in [-0.1, -0.05) is 27.7 Å². The summed E-state index contributed by atoms with van der Waals surface area (Å²) >= 11 is 0. The van der Waals surface area contributed by atoms with Crippen molar-refractivity contribution >= 4 is 17.6 Å². The maximum atomic E-state index is 11.6. The van der Waals surface area contributed by atoms with Gasteiger partial charge in [-0.2, -0.15) is 0 Å². The van der Waals surface area contributed by atoms with Gasteiger partial charge in [-0.05, 0) is 24.2 Å². The quantitative estimate of drug-likeness (QED) is 0.693. The van der Waals surface area contributed by atoms with E-state index in [0.717, 1.165) is 6.42 Å². The summed E-state index contributed by atoms with van der Waals surface area (Å²) < 4.78 is 0. The van der Waals surface area contributed by atoms with Crippen LogP contribution < -0.4 is 0 Å². The highest BCUT2D eigenvalue weighted by Crippen LogP contribution is 2.37. The fourth-order valence-electron chi connectivity index (χ4n) is 3.10. The van der Waals surface area contributed by atoms with Gasteiger partial charge in [-0.15, -0.1) is 0 Å². The van der Waals surface area contributed by atoms with Crippen LogP contribution in [0.15, 0.2) is 12.2 Å². The van der Waals surface area contributed by atoms with Crippen molar-refractivity contribution in [1.29, 1.82) is 0 Å². The van der Waals surface area contributed by atoms with E-state index in [1.807, 2.05) is 27.7 Å². The third-order valence-corrected chi connectivity index (χ3v) is 3.17. The zero-order chi connectivity index (χ0) is 14.8. The lowest BCUT2D eigenvalue weighted by atomic mass is 9.72. The number of imide groups is 1. The Morgan fingerprint density at radius 1 is 1.05 bits per heavy atom. The Balaban J connectivity index is 2.68. The molecule has 0 aliphatic carbocycles. The highest BCUT2D eigenvalue weighted by molar-refractivity contribution is 6.12. The van der Waals surface area contributed by atoms with E-state index in [1.165, 1.54) is 17.1 Å². The average Bonchev–Trinajstić information content (AvgIpc) is 2.44. The molecule has 0 radical (unpaired) electrons. The lowest BCUT2D eigenvalue weighted by Gasteiger charge is -2.36. The summed E-state index contributed by atoms with van der Waals surface area (Å²) in [6, 6.07) is 0. The number of carbonyl (C=O) groups is 3. The van der Waals surface area contributed by atoms with Crippen LogP contribution >= 0.6 is 0 Å². The minimum atomic E-state index is -0.248. The minimum absolute atomic E-state index is 0.130. The summed E-state index contributed by atoms with van der Waals surface area (Å²) in [5, 5.41) is 0. The van der Waals surface area contributed by atoms with E-state index >= 15 is 0 Å². The average molecular weight is 265 g/mol. The van der Waals surface area contributed by atoms with Gasteiger partial charge in [-0.3, -0.25) is 14.5 Å². The van der Waals surface area contributed by atoms with E-state index in [9.17, 15) is 14.4 Å². The standard InChI is InChI=1S/C15H23NO3/c1-11(17)8-14(2,3)9-15(4,5)10-16-12(18)6-7-13(16)19/h6-7H,8-10H2,1-5H3. The number of nitrogens with zero attached hydrogens (tertiary/aromatic N) is 1. The van der Waals surface area contributed by atoms with Crippen LogP contribution in [0.4, 0.5) is 0 Å². The maximum absolute atomic E-state index is 11.6. The molecule has 0 aromatic carbocycles. The summed E-state index contributed by atoms with van der Waals surface area (Å²) in [7, 11) is 0. The molecule has 0 aromatic heterocycles. The van der Waals surface area contributed by atoms with Crippen molar-refractivity contribution in [2.75, 3.05) is 6.54 Å². The second-order valence-corrected chi connectivity index (χ2v) is 6.98. The fourth-order valence-corrected chi connectivity index (χ4v) is 3.10. The van der Waals surface area contributed by atoms with Crippen molar-refractivity contribution in [3.63, 3.8) is 0 Å². The van der Waals surface area contributed by atoms with Crippen molar-refractivity contribution in [2.24, 2.45) is 10.8 Å². The summed E-state index contributed by atoms with van der Waals surface area (Å²) in [6.07, 6.45) is 3.89. The molecule has 0 fully saturated rings. The molecule has 19 heavy (non-hydrogen) atoms. The molecular weight excluding hydrogens is 242 g/mol. The SMILES string of the molecule is CC(=O)CC(C)(C)CC(C)(C)CN1C(=O)C=CC1=O. The lowest BCUT2D eigenvalue weighted by Crippen LogP contribution is -2.40. The number of rotatable bonds is 6. The number of Topliss-reactive ketones (excluding diaryl/α,β-unsaturated/α-hetero) is 1. The summed E-state index contributed by atoms with van der Waals surface area (Å²) in [6.45, 7) is 10.1. The zero-order valence-corrected chi connectivity index (χ0v) is 12.4. The van der Waals surface area contributed by atoms with Crippen molar-refractivity contribution in [1.82, 2.24) is 4.90 Å². The van der Waals surface area contributed by atoms with E-state index in [0.29, 0.717) is 13.0 Å². The molecule has 0 saturated carbocycles. The number of amides is 2. The first-order chi connectivity index (χ1) is 8.52. The van der Waals surface area contributed by atoms with E-state index in [4.69, 9.17) is 0 Å². The molecule has 1 aliphatic heterocycles. The van der Waals surface area contributed by atoms with Gasteiger partial charge in [0.15, 0.2) is 0 Å². The summed E-state index contributed by atoms with van der Waals surface area (Å²) in [5.41, 5.74) is -0.342. The van der Waals surface area contributed by atoms with Crippen LogP contribution in [-0.2, 0) is 14.4 Å². The largest absolute Gasteiger partial charge is 0.300 e. The molecule has 1 rings (SSSR count). The molecular formula is C15H23NO3. The number of hydrogen-bond donors (Lipinski definition) is 0. The molecule has 4 nitrogen and oxygen atoms in total. The normalized spacial score (nSPS) is 16.4. The second-order valence-electron chi connectivity index (χ2n) is 6.98. The first kappa shape index (κ1) is 15.6. The van der Waals surface area contributed by atoms with Crippen molar-refractivity contribution < 1.29 is 14.4 Å². The predicted molar refractivity (Wildman–Crippen MR) is 73.3 cm³/mol. The molecule has 106 valence electrons. The van der Waals surface area contributed by atoms with Crippen LogP contribution in [0.5, 0.6) is 0 Å². The summed E-state index contributed by atoms with van der Waals surface area (Å²) in [5.74, 6) is -0.333. The molecule has 0 bridgehead atoms. The third-order valence-electron chi connectivity index (χ3n) is 3.17. The van der Waals surface area contributed by atoms with Gasteiger partial charge in [0.05, 0.1) is 0 Å². The minimum Gasteiger partial charge on any atom is -0.300 e. The third kappa shape index (κ3) is 4.62. The van der Waals surface area contributed by atoms with Crippen LogP contribution in [-0.4, -0.2) is 29.0 Å². The number of hydrogen-bond acceptors (Lipinski definition) is 3. The molecule has 0 spiro atoms. The molecule has 0 aromatic rings. The topological polar surface area (TPSA) is 54.5 Å². The molecule has 0 N–H and O–H groups in total. The molecule has 2 amide bonds. The Kier molecular flexibility index (Phi) is 4.33. The fraction of sp³-hybridized carbons (Fsp3) is 0.667. The Hall–Kier alpha value is -1.45. The van der Waals surface area contributed by atoms with Crippen LogP contribution in [0.2, 0.25) is 0 Å². The Bertz CT molecular complexity index is 415. The van der Waals surface area contributed by atoms with E-state index < -0.39 is 0 Å². The first-order valence-electron chi connectivity index (χ1n) is 6.55. The Morgan fingerprint density at radius 3 is 1.95 bits per heavy atom. The van der Waals surface area contributed by atoms with E-state index in [-0.39, 0.29) is 28.4 Å². The Morgan fingerprint density at radius 2 is 1.53 bits per heavy atom. The highest BCUT2D eigenvalue weighted by Gasteiger charge is 2.35. The molecule has 1 aliphatic rings. The van der Waals surface area contributed by atoms with Crippen LogP contribution in [0.3, 0.4) is 0 Å². The van der Waals surface area contributed by atoms with Crippen molar-refractivity contribution in [3.05, 3.63) is 12.2 Å². The van der Waals surface area contributed by atoms with Gasteiger partial charge in [0.2, 0.25) is 0 Å². The molecule has 0 saturated heterocycles. The van der Waals surface area contributed by atoms with Gasteiger partial charge < -0.3 is 4.79 Å². The first-order valence-corrected chi connectivity index (χ1v) is 6.55. The van der Waals surface area contributed by atoms with Crippen LogP contribution in [0.1, 0.15) is 47.5 Å². The number of ketones is 1. The predicted octanol–water partition coefficient (Wildman–Crippen LogP) is 2.33. The van der Waals surface area contributed by atoms with Crippen LogP contribution in [0.25, 0.3) is 0 Å². The van der Waals surface area contributed by atoms with Gasteiger partial charge in [0.25, 0.3) is 11.8 Å². The van der Waals surface area contributed by atoms with Crippen molar-refractivity contribution in [2.45, 2.75) is 47.5 Å². The van der Waals surface area contributed by atoms with E-state index in [1.54, 1.807) is 6.92 Å². The molecule has 1 heterocycles. The van der Waals surface area contributed by atoms with Gasteiger partial charge in [0.1, 0.15) is 5.78 Å². The highest BCUT2D eigenvalue weighted by atomic mass is 16.2. The van der Waals surface area contributed by atoms with Gasteiger partial charge in [-0.25, -0.2) is 0 Å². The molecule has 0 unspecified atom stereocenters. The Labute approximate surface area is 114 Å². The number of carbonyl (C=O) groups excluding carboxylic acids is 3. The second kappa shape index (κ2) is 5.27.